The van der Waals surface area contributed by atoms with Crippen molar-refractivity contribution in [1.82, 2.24) is 25.5 Å². The minimum atomic E-state index is -0.135. The lowest BCUT2D eigenvalue weighted by Crippen LogP contribution is -2.26. The highest BCUT2D eigenvalue weighted by atomic mass is 32.1. The summed E-state index contributed by atoms with van der Waals surface area (Å²) in [6.07, 6.45) is 1.52. The number of aryl methyl sites for hydroxylation is 1. The number of benzene rings is 2. The molecule has 28 heavy (non-hydrogen) atoms. The van der Waals surface area contributed by atoms with E-state index in [1.807, 2.05) is 55.6 Å². The second-order valence-corrected chi connectivity index (χ2v) is 7.58. The number of hydrogen-bond donors (Lipinski definition) is 1. The van der Waals surface area contributed by atoms with Crippen molar-refractivity contribution in [3.05, 3.63) is 82.3 Å². The van der Waals surface area contributed by atoms with E-state index in [9.17, 15) is 4.79 Å². The Labute approximate surface area is 166 Å². The molecule has 0 aliphatic carbocycles. The average Bonchev–Trinajstić information content (AvgIpc) is 3.42. The highest BCUT2D eigenvalue weighted by Crippen LogP contribution is 2.25. The predicted molar refractivity (Wildman–Crippen MR) is 110 cm³/mol. The number of rotatable bonds is 5. The minimum Gasteiger partial charge on any atom is -0.345 e. The average molecular weight is 389 g/mol. The Balaban J connectivity index is 1.71. The number of carbonyl (C=O) groups is 1. The number of tetrazole rings is 1. The molecule has 0 bridgehead atoms. The largest absolute Gasteiger partial charge is 0.345 e. The minimum absolute atomic E-state index is 0.0629. The molecule has 2 aromatic heterocycles. The Morgan fingerprint density at radius 2 is 1.93 bits per heavy atom. The van der Waals surface area contributed by atoms with Crippen LogP contribution < -0.4 is 5.32 Å². The fourth-order valence-corrected chi connectivity index (χ4v) is 3.69. The first-order valence-corrected chi connectivity index (χ1v) is 9.78. The smallest absolute Gasteiger partial charge is 0.251 e. The van der Waals surface area contributed by atoms with Crippen LogP contribution in [0.25, 0.3) is 16.8 Å². The van der Waals surface area contributed by atoms with E-state index in [-0.39, 0.29) is 11.9 Å². The zero-order valence-electron chi connectivity index (χ0n) is 15.5. The van der Waals surface area contributed by atoms with Crippen LogP contribution in [0, 0.1) is 6.92 Å². The summed E-state index contributed by atoms with van der Waals surface area (Å²) >= 11 is 1.63. The topological polar surface area (TPSA) is 72.7 Å². The Morgan fingerprint density at radius 3 is 2.61 bits per heavy atom. The van der Waals surface area contributed by atoms with Crippen LogP contribution >= 0.6 is 11.3 Å². The van der Waals surface area contributed by atoms with Crippen molar-refractivity contribution in [3.63, 3.8) is 0 Å². The number of nitrogens with zero attached hydrogens (tertiary/aromatic N) is 4. The van der Waals surface area contributed by atoms with Crippen LogP contribution in [0.15, 0.2) is 66.3 Å². The van der Waals surface area contributed by atoms with Crippen LogP contribution in [-0.2, 0) is 0 Å². The summed E-state index contributed by atoms with van der Waals surface area (Å²) in [5.41, 5.74) is 4.44. The van der Waals surface area contributed by atoms with Gasteiger partial charge >= 0.3 is 0 Å². The quantitative estimate of drug-likeness (QED) is 0.555. The summed E-state index contributed by atoms with van der Waals surface area (Å²) in [7, 11) is 0. The van der Waals surface area contributed by atoms with Gasteiger partial charge in [-0.15, -0.1) is 16.4 Å². The molecule has 0 aliphatic rings. The van der Waals surface area contributed by atoms with Crippen molar-refractivity contribution >= 4 is 17.2 Å². The SMILES string of the molecule is Cc1ccc(-c2cc(C(=O)NC(C)c3cccs3)cc(-n3cnnn3)c2)cc1. The number of aromatic nitrogens is 4. The van der Waals surface area contributed by atoms with Gasteiger partial charge in [-0.3, -0.25) is 4.79 Å². The van der Waals surface area contributed by atoms with Gasteiger partial charge in [0.1, 0.15) is 6.33 Å². The number of amides is 1. The number of thiophene rings is 1. The Bertz CT molecular complexity index is 1070. The van der Waals surface area contributed by atoms with Gasteiger partial charge in [-0.1, -0.05) is 35.9 Å². The fraction of sp³-hybridized carbons (Fsp3) is 0.143. The highest BCUT2D eigenvalue weighted by molar-refractivity contribution is 7.10. The van der Waals surface area contributed by atoms with Crippen LogP contribution in [0.1, 0.15) is 33.8 Å². The van der Waals surface area contributed by atoms with Crippen LogP contribution in [0.3, 0.4) is 0 Å². The molecule has 140 valence electrons. The molecule has 1 N–H and O–H groups in total. The standard InChI is InChI=1S/C21H19N5OS/c1-14-5-7-16(8-6-14)17-10-18(12-19(11-17)26-13-22-24-25-26)21(27)23-15(2)20-4-3-9-28-20/h3-13,15H,1-2H3,(H,23,27). The van der Waals surface area contributed by atoms with Gasteiger partial charge in [0.05, 0.1) is 11.7 Å². The normalized spacial score (nSPS) is 11.9. The zero-order chi connectivity index (χ0) is 19.5. The molecule has 0 saturated carbocycles. The lowest BCUT2D eigenvalue weighted by molar-refractivity contribution is 0.0940. The van der Waals surface area contributed by atoms with Gasteiger partial charge in [-0.2, -0.15) is 0 Å². The van der Waals surface area contributed by atoms with Gasteiger partial charge in [0.15, 0.2) is 0 Å². The lowest BCUT2D eigenvalue weighted by atomic mass is 10.0. The van der Waals surface area contributed by atoms with Gasteiger partial charge in [-0.25, -0.2) is 4.68 Å². The van der Waals surface area contributed by atoms with Gasteiger partial charge in [0.25, 0.3) is 5.91 Å². The number of nitrogens with one attached hydrogen (secondary N) is 1. The molecule has 2 aromatic carbocycles. The van der Waals surface area contributed by atoms with Crippen molar-refractivity contribution in [2.75, 3.05) is 0 Å². The molecule has 0 saturated heterocycles. The Morgan fingerprint density at radius 1 is 1.11 bits per heavy atom. The lowest BCUT2D eigenvalue weighted by Gasteiger charge is -2.14. The van der Waals surface area contributed by atoms with Crippen LogP contribution in [0.4, 0.5) is 0 Å². The molecular formula is C21H19N5OS. The zero-order valence-corrected chi connectivity index (χ0v) is 16.4. The maximum absolute atomic E-state index is 12.9. The second-order valence-electron chi connectivity index (χ2n) is 6.60. The molecular weight excluding hydrogens is 370 g/mol. The molecule has 0 radical (unpaired) electrons. The number of hydrogen-bond acceptors (Lipinski definition) is 5. The first-order chi connectivity index (χ1) is 13.6. The van der Waals surface area contributed by atoms with E-state index in [0.29, 0.717) is 5.56 Å². The van der Waals surface area contributed by atoms with E-state index in [1.165, 1.54) is 11.9 Å². The summed E-state index contributed by atoms with van der Waals surface area (Å²) < 4.78 is 1.55. The second kappa shape index (κ2) is 7.74. The first kappa shape index (κ1) is 18.1. The first-order valence-electron chi connectivity index (χ1n) is 8.90. The van der Waals surface area contributed by atoms with Crippen molar-refractivity contribution in [2.24, 2.45) is 0 Å². The van der Waals surface area contributed by atoms with Crippen molar-refractivity contribution in [1.29, 1.82) is 0 Å². The molecule has 1 atom stereocenters. The third-order valence-electron chi connectivity index (χ3n) is 4.50. The van der Waals surface area contributed by atoms with Crippen LogP contribution in [-0.4, -0.2) is 26.1 Å². The molecule has 0 spiro atoms. The molecule has 1 unspecified atom stereocenters. The molecule has 4 aromatic rings. The van der Waals surface area contributed by atoms with E-state index in [4.69, 9.17) is 0 Å². The van der Waals surface area contributed by atoms with Gasteiger partial charge in [-0.05, 0) is 65.0 Å². The summed E-state index contributed by atoms with van der Waals surface area (Å²) in [6, 6.07) is 17.8. The fourth-order valence-electron chi connectivity index (χ4n) is 2.96. The van der Waals surface area contributed by atoms with Crippen molar-refractivity contribution in [2.45, 2.75) is 19.9 Å². The molecule has 2 heterocycles. The van der Waals surface area contributed by atoms with Crippen molar-refractivity contribution < 1.29 is 4.79 Å². The third kappa shape index (κ3) is 3.84. The Kier molecular flexibility index (Phi) is 4.99. The van der Waals surface area contributed by atoms with E-state index in [0.717, 1.165) is 21.7 Å². The molecule has 6 nitrogen and oxygen atoms in total. The van der Waals surface area contributed by atoms with E-state index in [2.05, 4.69) is 33.0 Å². The van der Waals surface area contributed by atoms with E-state index < -0.39 is 0 Å². The highest BCUT2D eigenvalue weighted by Gasteiger charge is 2.15. The monoisotopic (exact) mass is 389 g/mol. The van der Waals surface area contributed by atoms with Gasteiger partial charge < -0.3 is 5.32 Å². The summed E-state index contributed by atoms with van der Waals surface area (Å²) in [4.78, 5) is 14.1. The third-order valence-corrected chi connectivity index (χ3v) is 5.55. The molecule has 0 aliphatic heterocycles. The summed E-state index contributed by atoms with van der Waals surface area (Å²) in [5, 5.41) is 16.4. The predicted octanol–water partition coefficient (Wildman–Crippen LogP) is 4.19. The van der Waals surface area contributed by atoms with Gasteiger partial charge in [0.2, 0.25) is 0 Å². The maximum Gasteiger partial charge on any atom is 0.251 e. The Hall–Kier alpha value is -3.32. The van der Waals surface area contributed by atoms with Crippen LogP contribution in [0.2, 0.25) is 0 Å². The van der Waals surface area contributed by atoms with Crippen LogP contribution in [0.5, 0.6) is 0 Å². The maximum atomic E-state index is 12.9. The van der Waals surface area contributed by atoms with E-state index in [1.54, 1.807) is 22.1 Å². The molecule has 0 fully saturated rings. The summed E-state index contributed by atoms with van der Waals surface area (Å²) in [5.74, 6) is -0.135. The molecule has 7 heteroatoms. The van der Waals surface area contributed by atoms with Gasteiger partial charge in [0, 0.05) is 10.4 Å². The van der Waals surface area contributed by atoms with Crippen molar-refractivity contribution in [3.8, 4) is 16.8 Å². The number of carbonyl (C=O) groups excluding carboxylic acids is 1. The summed E-state index contributed by atoms with van der Waals surface area (Å²) in [6.45, 7) is 4.03. The van der Waals surface area contributed by atoms with E-state index >= 15 is 0 Å². The molecule has 4 rings (SSSR count). The molecule has 1 amide bonds.